The lowest BCUT2D eigenvalue weighted by Crippen LogP contribution is -1.97. The van der Waals surface area contributed by atoms with Crippen LogP contribution in [0.25, 0.3) is 0 Å². The Bertz CT molecular complexity index is 472. The number of nitrogens with zero attached hydrogens (tertiary/aromatic N) is 2. The van der Waals surface area contributed by atoms with Crippen molar-refractivity contribution in [3.8, 4) is 11.8 Å². The number of rotatable bonds is 3. The van der Waals surface area contributed by atoms with Crippen molar-refractivity contribution in [3.63, 3.8) is 0 Å². The number of furan rings is 1. The lowest BCUT2D eigenvalue weighted by molar-refractivity contribution is 0.268. The molecule has 0 aromatic carbocycles. The molecule has 0 bridgehead atoms. The molecule has 0 atom stereocenters. The minimum Gasteiger partial charge on any atom is -0.483 e. The van der Waals surface area contributed by atoms with Gasteiger partial charge in [0, 0.05) is 6.20 Å². The molecule has 0 fully saturated rings. The summed E-state index contributed by atoms with van der Waals surface area (Å²) in [6.07, 6.45) is 3.13. The second kappa shape index (κ2) is 4.29. The highest BCUT2D eigenvalue weighted by Gasteiger charge is 2.04. The molecule has 4 heteroatoms. The molecule has 0 amide bonds. The molecular weight excluding hydrogens is 192 g/mol. The van der Waals surface area contributed by atoms with Crippen LogP contribution in [0.3, 0.4) is 0 Å². The van der Waals surface area contributed by atoms with Crippen LogP contribution in [0.1, 0.15) is 11.5 Å². The predicted octanol–water partition coefficient (Wildman–Crippen LogP) is 2.13. The van der Waals surface area contributed by atoms with E-state index in [1.54, 1.807) is 30.7 Å². The normalized spacial score (nSPS) is 9.53. The first-order valence-electron chi connectivity index (χ1n) is 4.40. The highest BCUT2D eigenvalue weighted by Crippen LogP contribution is 2.15. The van der Waals surface area contributed by atoms with E-state index in [2.05, 4.69) is 4.98 Å². The van der Waals surface area contributed by atoms with Crippen LogP contribution < -0.4 is 4.74 Å². The SMILES string of the molecule is N#Cc1ncccc1OCc1ccco1. The Morgan fingerprint density at radius 1 is 1.40 bits per heavy atom. The molecule has 15 heavy (non-hydrogen) atoms. The third-order valence-corrected chi connectivity index (χ3v) is 1.83. The van der Waals surface area contributed by atoms with Crippen LogP contribution in [-0.4, -0.2) is 4.98 Å². The van der Waals surface area contributed by atoms with Crippen LogP contribution in [0.15, 0.2) is 41.1 Å². The third kappa shape index (κ3) is 2.15. The Labute approximate surface area is 86.7 Å². The van der Waals surface area contributed by atoms with E-state index in [0.29, 0.717) is 18.1 Å². The molecule has 2 aromatic heterocycles. The van der Waals surface area contributed by atoms with Gasteiger partial charge in [0.25, 0.3) is 0 Å². The number of ether oxygens (including phenoxy) is 1. The van der Waals surface area contributed by atoms with E-state index in [1.807, 2.05) is 12.1 Å². The van der Waals surface area contributed by atoms with E-state index in [-0.39, 0.29) is 5.69 Å². The Morgan fingerprint density at radius 2 is 2.33 bits per heavy atom. The standard InChI is InChI=1S/C11H8N2O2/c12-7-10-11(4-1-5-13-10)15-8-9-3-2-6-14-9/h1-6H,8H2. The molecule has 0 aliphatic carbocycles. The molecule has 0 radical (unpaired) electrons. The second-order valence-corrected chi connectivity index (χ2v) is 2.83. The monoisotopic (exact) mass is 200 g/mol. The molecule has 0 saturated carbocycles. The third-order valence-electron chi connectivity index (χ3n) is 1.83. The van der Waals surface area contributed by atoms with Gasteiger partial charge in [-0.25, -0.2) is 4.98 Å². The number of pyridine rings is 1. The van der Waals surface area contributed by atoms with Crippen molar-refractivity contribution < 1.29 is 9.15 Å². The van der Waals surface area contributed by atoms with Crippen LogP contribution in [0.5, 0.6) is 5.75 Å². The van der Waals surface area contributed by atoms with Crippen molar-refractivity contribution in [2.75, 3.05) is 0 Å². The van der Waals surface area contributed by atoms with E-state index >= 15 is 0 Å². The van der Waals surface area contributed by atoms with Crippen molar-refractivity contribution in [1.82, 2.24) is 4.98 Å². The van der Waals surface area contributed by atoms with Crippen molar-refractivity contribution in [2.45, 2.75) is 6.61 Å². The van der Waals surface area contributed by atoms with Gasteiger partial charge in [0.05, 0.1) is 6.26 Å². The molecule has 0 spiro atoms. The van der Waals surface area contributed by atoms with Crippen LogP contribution >= 0.6 is 0 Å². The van der Waals surface area contributed by atoms with E-state index in [4.69, 9.17) is 14.4 Å². The highest BCUT2D eigenvalue weighted by molar-refractivity contribution is 5.36. The first-order valence-corrected chi connectivity index (χ1v) is 4.40. The highest BCUT2D eigenvalue weighted by atomic mass is 16.5. The van der Waals surface area contributed by atoms with Gasteiger partial charge in [-0.3, -0.25) is 0 Å². The summed E-state index contributed by atoms with van der Waals surface area (Å²) in [5.41, 5.74) is 0.282. The smallest absolute Gasteiger partial charge is 0.182 e. The number of aromatic nitrogens is 1. The Balaban J connectivity index is 2.08. The summed E-state index contributed by atoms with van der Waals surface area (Å²) in [6, 6.07) is 8.98. The summed E-state index contributed by atoms with van der Waals surface area (Å²) in [5.74, 6) is 1.18. The van der Waals surface area contributed by atoms with Gasteiger partial charge < -0.3 is 9.15 Å². The van der Waals surface area contributed by atoms with Crippen molar-refractivity contribution >= 4 is 0 Å². The number of hydrogen-bond donors (Lipinski definition) is 0. The quantitative estimate of drug-likeness (QED) is 0.761. The van der Waals surface area contributed by atoms with Crippen LogP contribution in [-0.2, 0) is 6.61 Å². The van der Waals surface area contributed by atoms with Crippen LogP contribution in [0.2, 0.25) is 0 Å². The van der Waals surface area contributed by atoms with Crippen molar-refractivity contribution in [3.05, 3.63) is 48.2 Å². The van der Waals surface area contributed by atoms with Gasteiger partial charge in [0.2, 0.25) is 0 Å². The molecule has 2 heterocycles. The largest absolute Gasteiger partial charge is 0.483 e. The first-order chi connectivity index (χ1) is 7.40. The molecule has 0 aliphatic rings. The molecule has 0 N–H and O–H groups in total. The molecule has 2 rings (SSSR count). The van der Waals surface area contributed by atoms with Gasteiger partial charge in [-0.05, 0) is 24.3 Å². The molecule has 0 aliphatic heterocycles. The fourth-order valence-corrected chi connectivity index (χ4v) is 1.13. The molecule has 0 unspecified atom stereocenters. The molecule has 74 valence electrons. The number of nitriles is 1. The van der Waals surface area contributed by atoms with Crippen molar-refractivity contribution in [1.29, 1.82) is 5.26 Å². The Kier molecular flexibility index (Phi) is 2.65. The van der Waals surface area contributed by atoms with Gasteiger partial charge in [-0.1, -0.05) is 0 Å². The summed E-state index contributed by atoms with van der Waals surface area (Å²) in [7, 11) is 0. The fourth-order valence-electron chi connectivity index (χ4n) is 1.13. The fraction of sp³-hybridized carbons (Fsp3) is 0.0909. The molecular formula is C11H8N2O2. The van der Waals surface area contributed by atoms with Gasteiger partial charge in [-0.2, -0.15) is 5.26 Å². The zero-order chi connectivity index (χ0) is 10.5. The lowest BCUT2D eigenvalue weighted by Gasteiger charge is -2.04. The van der Waals surface area contributed by atoms with Crippen molar-refractivity contribution in [2.24, 2.45) is 0 Å². The molecule has 0 saturated heterocycles. The van der Waals surface area contributed by atoms with E-state index in [9.17, 15) is 0 Å². The lowest BCUT2D eigenvalue weighted by atomic mass is 10.3. The summed E-state index contributed by atoms with van der Waals surface area (Å²) in [4.78, 5) is 3.88. The maximum atomic E-state index is 8.76. The summed E-state index contributed by atoms with van der Waals surface area (Å²) in [5, 5.41) is 8.76. The van der Waals surface area contributed by atoms with Gasteiger partial charge in [0.15, 0.2) is 11.4 Å². The zero-order valence-corrected chi connectivity index (χ0v) is 7.88. The summed E-state index contributed by atoms with van der Waals surface area (Å²) >= 11 is 0. The average Bonchev–Trinajstić information content (AvgIpc) is 2.79. The van der Waals surface area contributed by atoms with Crippen LogP contribution in [0, 0.1) is 11.3 Å². The number of hydrogen-bond acceptors (Lipinski definition) is 4. The van der Waals surface area contributed by atoms with E-state index in [1.165, 1.54) is 0 Å². The first kappa shape index (κ1) is 9.28. The maximum Gasteiger partial charge on any atom is 0.182 e. The van der Waals surface area contributed by atoms with Crippen LogP contribution in [0.4, 0.5) is 0 Å². The van der Waals surface area contributed by atoms with Gasteiger partial charge in [0.1, 0.15) is 18.4 Å². The minimum atomic E-state index is 0.282. The molecule has 4 nitrogen and oxygen atoms in total. The topological polar surface area (TPSA) is 59.0 Å². The van der Waals surface area contributed by atoms with Gasteiger partial charge >= 0.3 is 0 Å². The summed E-state index contributed by atoms with van der Waals surface area (Å²) in [6.45, 7) is 0.299. The van der Waals surface area contributed by atoms with Gasteiger partial charge in [-0.15, -0.1) is 0 Å². The second-order valence-electron chi connectivity index (χ2n) is 2.83. The predicted molar refractivity (Wildman–Crippen MR) is 52.0 cm³/mol. The van der Waals surface area contributed by atoms with E-state index in [0.717, 1.165) is 0 Å². The minimum absolute atomic E-state index is 0.282. The Hall–Kier alpha value is -2.28. The summed E-state index contributed by atoms with van der Waals surface area (Å²) < 4.78 is 10.5. The van der Waals surface area contributed by atoms with E-state index < -0.39 is 0 Å². The average molecular weight is 200 g/mol. The Morgan fingerprint density at radius 3 is 3.07 bits per heavy atom. The zero-order valence-electron chi connectivity index (χ0n) is 7.88. The molecule has 2 aromatic rings. The maximum absolute atomic E-state index is 8.76.